The molecule has 0 radical (unpaired) electrons. The molecule has 2 unspecified atom stereocenters. The zero-order valence-corrected chi connectivity index (χ0v) is 10.3. The lowest BCUT2D eigenvalue weighted by molar-refractivity contribution is 0.0572. The highest BCUT2D eigenvalue weighted by Crippen LogP contribution is 2.24. The number of nitrogens with two attached hydrogens (primary N) is 1. The van der Waals surface area contributed by atoms with Crippen molar-refractivity contribution in [2.75, 3.05) is 6.54 Å². The fourth-order valence-electron chi connectivity index (χ4n) is 1.71. The van der Waals surface area contributed by atoms with Crippen molar-refractivity contribution in [1.29, 1.82) is 0 Å². The lowest BCUT2D eigenvalue weighted by Crippen LogP contribution is -2.38. The van der Waals surface area contributed by atoms with Gasteiger partial charge in [0.2, 0.25) is 0 Å². The van der Waals surface area contributed by atoms with E-state index in [1.165, 1.54) is 5.56 Å². The molecule has 0 aromatic heterocycles. The van der Waals surface area contributed by atoms with Crippen LogP contribution in [0.5, 0.6) is 0 Å². The number of nitrogens with one attached hydrogen (secondary N) is 1. The Morgan fingerprint density at radius 3 is 2.38 bits per heavy atom. The lowest BCUT2D eigenvalue weighted by Gasteiger charge is -2.23. The Balaban J connectivity index is 2.86. The van der Waals surface area contributed by atoms with E-state index < -0.39 is 5.60 Å². The van der Waals surface area contributed by atoms with Crippen LogP contribution in [-0.4, -0.2) is 11.7 Å². The van der Waals surface area contributed by atoms with E-state index in [2.05, 4.69) is 31.4 Å². The number of rotatable bonds is 5. The van der Waals surface area contributed by atoms with Crippen LogP contribution in [0.2, 0.25) is 0 Å². The van der Waals surface area contributed by atoms with Gasteiger partial charge in [-0.25, -0.2) is 0 Å². The van der Waals surface area contributed by atoms with E-state index in [-0.39, 0.29) is 0 Å². The SMILES string of the molecule is CCC(C)c1ccc(C(C)(O)CNN)cc1. The maximum Gasteiger partial charge on any atom is 0.101 e. The second kappa shape index (κ2) is 5.43. The molecular weight excluding hydrogens is 200 g/mol. The minimum atomic E-state index is -0.914. The van der Waals surface area contributed by atoms with E-state index in [0.717, 1.165) is 12.0 Å². The molecule has 0 fully saturated rings. The summed E-state index contributed by atoms with van der Waals surface area (Å²) in [6, 6.07) is 8.10. The third kappa shape index (κ3) is 3.04. The van der Waals surface area contributed by atoms with E-state index in [9.17, 15) is 5.11 Å². The number of hydrogen-bond donors (Lipinski definition) is 3. The topological polar surface area (TPSA) is 58.3 Å². The summed E-state index contributed by atoms with van der Waals surface area (Å²) in [5.74, 6) is 5.80. The third-order valence-corrected chi connectivity index (χ3v) is 3.16. The van der Waals surface area contributed by atoms with Crippen LogP contribution in [0.3, 0.4) is 0 Å². The van der Waals surface area contributed by atoms with Crippen LogP contribution in [0.15, 0.2) is 24.3 Å². The monoisotopic (exact) mass is 222 g/mol. The van der Waals surface area contributed by atoms with Gasteiger partial charge in [0.25, 0.3) is 0 Å². The van der Waals surface area contributed by atoms with Crippen LogP contribution < -0.4 is 11.3 Å². The van der Waals surface area contributed by atoms with Crippen LogP contribution in [-0.2, 0) is 5.60 Å². The van der Waals surface area contributed by atoms with Crippen molar-refractivity contribution in [2.24, 2.45) is 5.84 Å². The molecule has 90 valence electrons. The predicted octanol–water partition coefficient (Wildman–Crippen LogP) is 1.87. The van der Waals surface area contributed by atoms with Crippen LogP contribution in [0.4, 0.5) is 0 Å². The molecule has 3 nitrogen and oxygen atoms in total. The van der Waals surface area contributed by atoms with Gasteiger partial charge >= 0.3 is 0 Å². The molecule has 0 bridgehead atoms. The van der Waals surface area contributed by atoms with E-state index in [1.54, 1.807) is 6.92 Å². The molecule has 0 spiro atoms. The molecule has 16 heavy (non-hydrogen) atoms. The maximum atomic E-state index is 10.1. The van der Waals surface area contributed by atoms with Gasteiger partial charge < -0.3 is 5.11 Å². The average molecular weight is 222 g/mol. The van der Waals surface area contributed by atoms with Gasteiger partial charge in [0, 0.05) is 6.54 Å². The predicted molar refractivity (Wildman–Crippen MR) is 66.9 cm³/mol. The van der Waals surface area contributed by atoms with Gasteiger partial charge in [-0.3, -0.25) is 11.3 Å². The summed E-state index contributed by atoms with van der Waals surface area (Å²) in [5, 5.41) is 10.1. The molecule has 0 amide bonds. The average Bonchev–Trinajstić information content (AvgIpc) is 2.28. The Labute approximate surface area is 97.6 Å². The molecule has 1 aromatic carbocycles. The maximum absolute atomic E-state index is 10.1. The highest BCUT2D eigenvalue weighted by Gasteiger charge is 2.22. The van der Waals surface area contributed by atoms with Gasteiger partial charge in [0.1, 0.15) is 5.60 Å². The largest absolute Gasteiger partial charge is 0.384 e. The first-order valence-corrected chi connectivity index (χ1v) is 5.77. The minimum Gasteiger partial charge on any atom is -0.384 e. The van der Waals surface area contributed by atoms with Gasteiger partial charge in [-0.15, -0.1) is 0 Å². The molecule has 0 aliphatic rings. The van der Waals surface area contributed by atoms with Crippen LogP contribution in [0.1, 0.15) is 44.2 Å². The Kier molecular flexibility index (Phi) is 4.47. The van der Waals surface area contributed by atoms with Crippen molar-refractivity contribution in [1.82, 2.24) is 5.43 Å². The van der Waals surface area contributed by atoms with Crippen molar-refractivity contribution >= 4 is 0 Å². The first-order chi connectivity index (χ1) is 7.51. The quantitative estimate of drug-likeness (QED) is 0.526. The van der Waals surface area contributed by atoms with Gasteiger partial charge in [-0.1, -0.05) is 38.1 Å². The van der Waals surface area contributed by atoms with Crippen LogP contribution in [0, 0.1) is 0 Å². The molecule has 0 saturated carbocycles. The van der Waals surface area contributed by atoms with Gasteiger partial charge in [-0.05, 0) is 30.4 Å². The molecule has 0 aliphatic carbocycles. The molecule has 0 aliphatic heterocycles. The van der Waals surface area contributed by atoms with Crippen LogP contribution >= 0.6 is 0 Å². The smallest absolute Gasteiger partial charge is 0.101 e. The molecule has 4 N–H and O–H groups in total. The second-order valence-electron chi connectivity index (χ2n) is 4.59. The Morgan fingerprint density at radius 2 is 1.94 bits per heavy atom. The van der Waals surface area contributed by atoms with Crippen molar-refractivity contribution in [2.45, 2.75) is 38.7 Å². The van der Waals surface area contributed by atoms with Gasteiger partial charge in [0.05, 0.1) is 0 Å². The fraction of sp³-hybridized carbons (Fsp3) is 0.538. The van der Waals surface area contributed by atoms with Crippen LogP contribution in [0.25, 0.3) is 0 Å². The number of hydrazine groups is 1. The molecule has 1 rings (SSSR count). The highest BCUT2D eigenvalue weighted by atomic mass is 16.3. The van der Waals surface area contributed by atoms with E-state index in [1.807, 2.05) is 12.1 Å². The molecule has 3 heteroatoms. The minimum absolute atomic E-state index is 0.343. The highest BCUT2D eigenvalue weighted by molar-refractivity contribution is 5.28. The van der Waals surface area contributed by atoms with Crippen molar-refractivity contribution in [3.8, 4) is 0 Å². The first-order valence-electron chi connectivity index (χ1n) is 5.77. The van der Waals surface area contributed by atoms with Gasteiger partial charge in [0.15, 0.2) is 0 Å². The number of hydrogen-bond acceptors (Lipinski definition) is 3. The second-order valence-corrected chi connectivity index (χ2v) is 4.59. The normalized spacial score (nSPS) is 16.8. The molecule has 0 heterocycles. The summed E-state index contributed by atoms with van der Waals surface area (Å²) in [5.41, 5.74) is 3.79. The summed E-state index contributed by atoms with van der Waals surface area (Å²) in [6.07, 6.45) is 1.13. The number of benzene rings is 1. The van der Waals surface area contributed by atoms with E-state index in [4.69, 9.17) is 5.84 Å². The molecule has 1 aromatic rings. The number of aliphatic hydroxyl groups is 1. The summed E-state index contributed by atoms with van der Waals surface area (Å²) in [4.78, 5) is 0. The summed E-state index contributed by atoms with van der Waals surface area (Å²) >= 11 is 0. The summed E-state index contributed by atoms with van der Waals surface area (Å²) in [7, 11) is 0. The Hall–Kier alpha value is -0.900. The molecule has 0 saturated heterocycles. The Morgan fingerprint density at radius 1 is 1.38 bits per heavy atom. The summed E-state index contributed by atoms with van der Waals surface area (Å²) in [6.45, 7) is 6.47. The van der Waals surface area contributed by atoms with Crippen molar-refractivity contribution < 1.29 is 5.11 Å². The fourth-order valence-corrected chi connectivity index (χ4v) is 1.71. The van der Waals surface area contributed by atoms with Crippen molar-refractivity contribution in [3.05, 3.63) is 35.4 Å². The lowest BCUT2D eigenvalue weighted by atomic mass is 9.92. The summed E-state index contributed by atoms with van der Waals surface area (Å²) < 4.78 is 0. The van der Waals surface area contributed by atoms with Crippen molar-refractivity contribution in [3.63, 3.8) is 0 Å². The van der Waals surface area contributed by atoms with Gasteiger partial charge in [-0.2, -0.15) is 0 Å². The zero-order valence-electron chi connectivity index (χ0n) is 10.3. The van der Waals surface area contributed by atoms with E-state index in [0.29, 0.717) is 12.5 Å². The first kappa shape index (κ1) is 13.2. The Bertz CT molecular complexity index is 319. The molecule has 2 atom stereocenters. The zero-order chi connectivity index (χ0) is 12.2. The third-order valence-electron chi connectivity index (χ3n) is 3.16. The van der Waals surface area contributed by atoms with E-state index >= 15 is 0 Å². The molecular formula is C13H22N2O. The standard InChI is InChI=1S/C13H22N2O/c1-4-10(2)11-5-7-12(8-6-11)13(3,16)9-15-14/h5-8,10,15-16H,4,9,14H2,1-3H3.